The standard InChI is InChI=1S/C32H33FN2O7/c1-20-17-35(31(38)34-30(20)37)26-18-41-27(29(36)28(26)33)19-42-32(21-7-5-4-6-8-21,22-9-13-24(39-2)14-10-22)23-11-15-25(40-3)16-12-23/h4-17,26-29,36H,18-19H2,1-3H3,(H,34,37,38)/t26-,27-,28-,29-/m1/s1. The number of alkyl halides is 1. The van der Waals surface area contributed by atoms with Crippen LogP contribution in [0.1, 0.15) is 28.3 Å². The zero-order valence-corrected chi connectivity index (χ0v) is 23.5. The number of benzene rings is 3. The second-order valence-corrected chi connectivity index (χ2v) is 10.2. The van der Waals surface area contributed by atoms with Gasteiger partial charge in [0.25, 0.3) is 5.56 Å². The Labute approximate surface area is 242 Å². The molecule has 1 aromatic heterocycles. The Kier molecular flexibility index (Phi) is 8.58. The summed E-state index contributed by atoms with van der Waals surface area (Å²) in [7, 11) is 3.18. The first-order valence-electron chi connectivity index (χ1n) is 13.5. The van der Waals surface area contributed by atoms with Gasteiger partial charge in [0.2, 0.25) is 0 Å². The van der Waals surface area contributed by atoms with Crippen LogP contribution in [0.2, 0.25) is 0 Å². The molecule has 0 saturated carbocycles. The largest absolute Gasteiger partial charge is 0.497 e. The van der Waals surface area contributed by atoms with Crippen molar-refractivity contribution in [1.29, 1.82) is 0 Å². The van der Waals surface area contributed by atoms with E-state index in [0.717, 1.165) is 21.3 Å². The average Bonchev–Trinajstić information content (AvgIpc) is 3.02. The number of halogens is 1. The van der Waals surface area contributed by atoms with Gasteiger partial charge in [-0.3, -0.25) is 14.3 Å². The van der Waals surface area contributed by atoms with Crippen LogP contribution in [-0.4, -0.2) is 60.5 Å². The fourth-order valence-electron chi connectivity index (χ4n) is 5.34. The minimum Gasteiger partial charge on any atom is -0.497 e. The highest BCUT2D eigenvalue weighted by molar-refractivity contribution is 5.49. The number of aromatic nitrogens is 2. The Morgan fingerprint density at radius 3 is 2.02 bits per heavy atom. The molecule has 2 heterocycles. The lowest BCUT2D eigenvalue weighted by Crippen LogP contribution is -2.53. The molecule has 220 valence electrons. The number of methoxy groups -OCH3 is 2. The van der Waals surface area contributed by atoms with E-state index in [2.05, 4.69) is 4.98 Å². The number of ether oxygens (including phenoxy) is 4. The van der Waals surface area contributed by atoms with E-state index >= 15 is 4.39 Å². The molecule has 0 radical (unpaired) electrons. The van der Waals surface area contributed by atoms with Gasteiger partial charge in [0.15, 0.2) is 6.17 Å². The summed E-state index contributed by atoms with van der Waals surface area (Å²) < 4.78 is 40.2. The Morgan fingerprint density at radius 1 is 0.929 bits per heavy atom. The maximum Gasteiger partial charge on any atom is 0.328 e. The first kappa shape index (κ1) is 29.2. The van der Waals surface area contributed by atoms with E-state index in [4.69, 9.17) is 18.9 Å². The van der Waals surface area contributed by atoms with Crippen LogP contribution >= 0.6 is 0 Å². The molecule has 0 amide bonds. The SMILES string of the molecule is COc1ccc(C(OC[C@H]2OC[C@@H](n3cc(C)c(=O)[nH]c3=O)[C@@H](F)[C@@H]2O)(c2ccccc2)c2ccc(OC)cc2)cc1. The maximum atomic E-state index is 15.7. The van der Waals surface area contributed by atoms with Crippen molar-refractivity contribution in [3.05, 3.63) is 128 Å². The Balaban J connectivity index is 1.51. The lowest BCUT2D eigenvalue weighted by Gasteiger charge is -2.40. The number of aromatic amines is 1. The third kappa shape index (κ3) is 5.48. The first-order valence-corrected chi connectivity index (χ1v) is 13.5. The zero-order valence-electron chi connectivity index (χ0n) is 23.5. The molecule has 5 rings (SSSR count). The molecule has 2 N–H and O–H groups in total. The molecule has 10 heteroatoms. The number of nitrogens with one attached hydrogen (secondary N) is 1. The molecule has 1 fully saturated rings. The van der Waals surface area contributed by atoms with Crippen molar-refractivity contribution in [3.8, 4) is 11.5 Å². The van der Waals surface area contributed by atoms with Crippen molar-refractivity contribution in [2.24, 2.45) is 0 Å². The summed E-state index contributed by atoms with van der Waals surface area (Å²) in [6, 6.07) is 23.4. The molecule has 0 aliphatic carbocycles. The number of hydrogen-bond acceptors (Lipinski definition) is 7. The van der Waals surface area contributed by atoms with E-state index in [1.165, 1.54) is 13.1 Å². The van der Waals surface area contributed by atoms with Crippen LogP contribution in [0.25, 0.3) is 0 Å². The monoisotopic (exact) mass is 576 g/mol. The van der Waals surface area contributed by atoms with Crippen molar-refractivity contribution in [2.75, 3.05) is 27.4 Å². The molecular weight excluding hydrogens is 543 g/mol. The lowest BCUT2D eigenvalue weighted by molar-refractivity contribution is -0.169. The molecule has 0 unspecified atom stereocenters. The summed E-state index contributed by atoms with van der Waals surface area (Å²) in [5.41, 5.74) is 0.0857. The highest BCUT2D eigenvalue weighted by Gasteiger charge is 2.44. The van der Waals surface area contributed by atoms with Gasteiger partial charge >= 0.3 is 5.69 Å². The third-order valence-electron chi connectivity index (χ3n) is 7.70. The Morgan fingerprint density at radius 2 is 1.48 bits per heavy atom. The minimum atomic E-state index is -1.86. The fourth-order valence-corrected chi connectivity index (χ4v) is 5.34. The highest BCUT2D eigenvalue weighted by atomic mass is 19.1. The molecular formula is C32H33FN2O7. The van der Waals surface area contributed by atoms with Gasteiger partial charge in [-0.05, 0) is 47.9 Å². The van der Waals surface area contributed by atoms with Crippen molar-refractivity contribution in [2.45, 2.75) is 36.9 Å². The summed E-state index contributed by atoms with van der Waals surface area (Å²) >= 11 is 0. The van der Waals surface area contributed by atoms with Crippen LogP contribution in [0, 0.1) is 6.92 Å². The summed E-state index contributed by atoms with van der Waals surface area (Å²) in [4.78, 5) is 26.4. The van der Waals surface area contributed by atoms with Gasteiger partial charge in [-0.25, -0.2) is 9.18 Å². The molecule has 9 nitrogen and oxygen atoms in total. The van der Waals surface area contributed by atoms with Crippen LogP contribution in [0.15, 0.2) is 94.6 Å². The minimum absolute atomic E-state index is 0.180. The molecule has 42 heavy (non-hydrogen) atoms. The molecule has 1 saturated heterocycles. The quantitative estimate of drug-likeness (QED) is 0.293. The van der Waals surface area contributed by atoms with Crippen LogP contribution < -0.4 is 20.7 Å². The summed E-state index contributed by atoms with van der Waals surface area (Å²) in [6.07, 6.45) is -3.24. The predicted octanol–water partition coefficient (Wildman–Crippen LogP) is 3.51. The summed E-state index contributed by atoms with van der Waals surface area (Å²) in [5, 5.41) is 11.0. The first-order chi connectivity index (χ1) is 20.3. The van der Waals surface area contributed by atoms with E-state index in [9.17, 15) is 14.7 Å². The number of H-pyrrole nitrogens is 1. The van der Waals surface area contributed by atoms with Gasteiger partial charge in [0.05, 0.1) is 33.5 Å². The van der Waals surface area contributed by atoms with Crippen molar-refractivity contribution in [3.63, 3.8) is 0 Å². The molecule has 1 aliphatic rings. The second kappa shape index (κ2) is 12.3. The van der Waals surface area contributed by atoms with E-state index in [0.29, 0.717) is 11.5 Å². The molecule has 0 bridgehead atoms. The van der Waals surface area contributed by atoms with E-state index in [1.54, 1.807) is 14.2 Å². The van der Waals surface area contributed by atoms with Crippen LogP contribution in [-0.2, 0) is 15.1 Å². The molecule has 0 spiro atoms. The van der Waals surface area contributed by atoms with Gasteiger partial charge in [-0.2, -0.15) is 0 Å². The summed E-state index contributed by atoms with van der Waals surface area (Å²) in [5.74, 6) is 1.33. The van der Waals surface area contributed by atoms with Crippen molar-refractivity contribution in [1.82, 2.24) is 9.55 Å². The Bertz CT molecular complexity index is 1560. The fraction of sp³-hybridized carbons (Fsp3) is 0.312. The number of rotatable bonds is 9. The smallest absolute Gasteiger partial charge is 0.328 e. The zero-order chi connectivity index (χ0) is 29.9. The van der Waals surface area contributed by atoms with Crippen molar-refractivity contribution < 1.29 is 28.4 Å². The number of nitrogens with zero attached hydrogens (tertiary/aromatic N) is 1. The topological polar surface area (TPSA) is 112 Å². The molecule has 1 aliphatic heterocycles. The normalized spacial score (nSPS) is 20.7. The lowest BCUT2D eigenvalue weighted by atomic mass is 9.80. The van der Waals surface area contributed by atoms with Gasteiger partial charge in [-0.1, -0.05) is 54.6 Å². The number of aryl methyl sites for hydroxylation is 1. The van der Waals surface area contributed by atoms with Gasteiger partial charge < -0.3 is 24.1 Å². The predicted molar refractivity (Wildman–Crippen MR) is 154 cm³/mol. The number of aliphatic hydroxyl groups is 1. The van der Waals surface area contributed by atoms with E-state index < -0.39 is 41.3 Å². The van der Waals surface area contributed by atoms with Gasteiger partial charge in [-0.15, -0.1) is 0 Å². The van der Waals surface area contributed by atoms with Gasteiger partial charge in [0, 0.05) is 11.8 Å². The van der Waals surface area contributed by atoms with E-state index in [1.807, 2.05) is 78.9 Å². The number of aliphatic hydroxyl groups excluding tert-OH is 1. The van der Waals surface area contributed by atoms with Gasteiger partial charge in [0.1, 0.15) is 29.3 Å². The highest BCUT2D eigenvalue weighted by Crippen LogP contribution is 2.42. The van der Waals surface area contributed by atoms with E-state index in [-0.39, 0.29) is 18.8 Å². The number of hydrogen-bond donors (Lipinski definition) is 2. The average molecular weight is 577 g/mol. The second-order valence-electron chi connectivity index (χ2n) is 10.2. The van der Waals surface area contributed by atoms with Crippen LogP contribution in [0.5, 0.6) is 11.5 Å². The Hall–Kier alpha value is -4.25. The summed E-state index contributed by atoms with van der Waals surface area (Å²) in [6.45, 7) is 1.13. The van der Waals surface area contributed by atoms with Crippen molar-refractivity contribution >= 4 is 0 Å². The third-order valence-corrected chi connectivity index (χ3v) is 7.70. The molecule has 4 aromatic rings. The van der Waals surface area contributed by atoms with Crippen LogP contribution in [0.4, 0.5) is 4.39 Å². The molecule has 4 atom stereocenters. The maximum absolute atomic E-state index is 15.7. The molecule has 3 aromatic carbocycles. The van der Waals surface area contributed by atoms with Crippen LogP contribution in [0.3, 0.4) is 0 Å².